The monoisotopic (exact) mass is 356 g/mol. The van der Waals surface area contributed by atoms with Crippen molar-refractivity contribution in [3.05, 3.63) is 53.0 Å². The molecule has 0 spiro atoms. The SMILES string of the molecule is COc1cccc(C(=O)NCCCc2nc3ccccc3s2)c1OC. The van der Waals surface area contributed by atoms with Crippen LogP contribution in [0.15, 0.2) is 42.5 Å². The van der Waals surface area contributed by atoms with Gasteiger partial charge in [0.2, 0.25) is 0 Å². The van der Waals surface area contributed by atoms with Gasteiger partial charge in [0, 0.05) is 13.0 Å². The van der Waals surface area contributed by atoms with Crippen LogP contribution in [0.25, 0.3) is 10.2 Å². The normalized spacial score (nSPS) is 10.6. The fourth-order valence-electron chi connectivity index (χ4n) is 2.63. The van der Waals surface area contributed by atoms with Crippen molar-refractivity contribution in [2.45, 2.75) is 12.8 Å². The number of methoxy groups -OCH3 is 2. The summed E-state index contributed by atoms with van der Waals surface area (Å²) in [4.78, 5) is 17.0. The van der Waals surface area contributed by atoms with E-state index < -0.39 is 0 Å². The third kappa shape index (κ3) is 3.91. The van der Waals surface area contributed by atoms with Crippen LogP contribution >= 0.6 is 11.3 Å². The Morgan fingerprint density at radius 1 is 1.12 bits per heavy atom. The molecule has 0 saturated carbocycles. The highest BCUT2D eigenvalue weighted by atomic mass is 32.1. The Labute approximate surface area is 150 Å². The first-order valence-corrected chi connectivity index (χ1v) is 8.88. The number of aromatic nitrogens is 1. The van der Waals surface area contributed by atoms with Crippen molar-refractivity contribution in [2.75, 3.05) is 20.8 Å². The molecule has 0 radical (unpaired) electrons. The molecule has 6 heteroatoms. The number of para-hydroxylation sites is 2. The maximum atomic E-state index is 12.4. The second-order valence-corrected chi connectivity index (χ2v) is 6.59. The van der Waals surface area contributed by atoms with Crippen LogP contribution in [0.1, 0.15) is 21.8 Å². The van der Waals surface area contributed by atoms with E-state index >= 15 is 0 Å². The van der Waals surface area contributed by atoms with Gasteiger partial charge >= 0.3 is 0 Å². The first-order valence-electron chi connectivity index (χ1n) is 8.06. The minimum absolute atomic E-state index is 0.167. The van der Waals surface area contributed by atoms with Crippen molar-refractivity contribution < 1.29 is 14.3 Å². The van der Waals surface area contributed by atoms with Crippen molar-refractivity contribution >= 4 is 27.5 Å². The average molecular weight is 356 g/mol. The molecule has 0 bridgehead atoms. The number of carbonyl (C=O) groups excluding carboxylic acids is 1. The molecule has 1 N–H and O–H groups in total. The second kappa shape index (κ2) is 7.98. The highest BCUT2D eigenvalue weighted by molar-refractivity contribution is 7.18. The second-order valence-electron chi connectivity index (χ2n) is 5.48. The number of rotatable bonds is 7. The van der Waals surface area contributed by atoms with Crippen LogP contribution in [0.4, 0.5) is 0 Å². The standard InChI is InChI=1S/C19H20N2O3S/c1-23-15-9-5-7-13(18(15)24-2)19(22)20-12-6-11-17-21-14-8-3-4-10-16(14)25-17/h3-5,7-10H,6,11-12H2,1-2H3,(H,20,22). The Morgan fingerprint density at radius 2 is 1.96 bits per heavy atom. The Morgan fingerprint density at radius 3 is 2.72 bits per heavy atom. The Balaban J connectivity index is 1.56. The molecule has 0 unspecified atom stereocenters. The van der Waals surface area contributed by atoms with E-state index in [1.54, 1.807) is 36.6 Å². The number of nitrogens with one attached hydrogen (secondary N) is 1. The van der Waals surface area contributed by atoms with E-state index in [1.165, 1.54) is 11.8 Å². The molecule has 25 heavy (non-hydrogen) atoms. The number of hydrogen-bond donors (Lipinski definition) is 1. The van der Waals surface area contributed by atoms with E-state index in [1.807, 2.05) is 18.2 Å². The van der Waals surface area contributed by atoms with Gasteiger partial charge in [-0.15, -0.1) is 11.3 Å². The molecule has 2 aromatic carbocycles. The molecule has 0 saturated heterocycles. The first-order chi connectivity index (χ1) is 12.2. The van der Waals surface area contributed by atoms with Gasteiger partial charge in [-0.3, -0.25) is 4.79 Å². The van der Waals surface area contributed by atoms with Gasteiger partial charge in [0.25, 0.3) is 5.91 Å². The predicted octanol–water partition coefficient (Wildman–Crippen LogP) is 3.68. The number of amides is 1. The largest absolute Gasteiger partial charge is 0.493 e. The maximum Gasteiger partial charge on any atom is 0.255 e. The summed E-state index contributed by atoms with van der Waals surface area (Å²) in [5, 5.41) is 4.02. The number of carbonyl (C=O) groups is 1. The third-order valence-corrected chi connectivity index (χ3v) is 4.93. The predicted molar refractivity (Wildman–Crippen MR) is 99.8 cm³/mol. The number of nitrogens with zero attached hydrogens (tertiary/aromatic N) is 1. The molecule has 3 rings (SSSR count). The van der Waals surface area contributed by atoms with Crippen molar-refractivity contribution in [2.24, 2.45) is 0 Å². The van der Waals surface area contributed by atoms with E-state index in [-0.39, 0.29) is 5.91 Å². The summed E-state index contributed by atoms with van der Waals surface area (Å²) in [7, 11) is 3.08. The molecule has 0 fully saturated rings. The molecule has 1 aromatic heterocycles. The Bertz CT molecular complexity index is 843. The van der Waals surface area contributed by atoms with Gasteiger partial charge in [0.1, 0.15) is 0 Å². The van der Waals surface area contributed by atoms with Crippen LogP contribution in [0.2, 0.25) is 0 Å². The molecule has 0 atom stereocenters. The zero-order valence-corrected chi connectivity index (χ0v) is 15.1. The van der Waals surface area contributed by atoms with Crippen LogP contribution in [0.5, 0.6) is 11.5 Å². The van der Waals surface area contributed by atoms with Gasteiger partial charge in [-0.1, -0.05) is 18.2 Å². The lowest BCUT2D eigenvalue weighted by molar-refractivity contribution is 0.0949. The highest BCUT2D eigenvalue weighted by Crippen LogP contribution is 2.30. The summed E-state index contributed by atoms with van der Waals surface area (Å²) in [5.41, 5.74) is 1.51. The molecule has 1 amide bonds. The molecular formula is C19H20N2O3S. The summed E-state index contributed by atoms with van der Waals surface area (Å²) in [6.45, 7) is 0.578. The summed E-state index contributed by atoms with van der Waals surface area (Å²) in [6.07, 6.45) is 1.67. The zero-order valence-electron chi connectivity index (χ0n) is 14.2. The van der Waals surface area contributed by atoms with E-state index in [9.17, 15) is 4.79 Å². The lowest BCUT2D eigenvalue weighted by Gasteiger charge is -2.12. The minimum Gasteiger partial charge on any atom is -0.493 e. The number of fused-ring (bicyclic) bond motifs is 1. The molecule has 0 aliphatic carbocycles. The van der Waals surface area contributed by atoms with Gasteiger partial charge in [-0.25, -0.2) is 4.98 Å². The van der Waals surface area contributed by atoms with Crippen LogP contribution in [-0.2, 0) is 6.42 Å². The summed E-state index contributed by atoms with van der Waals surface area (Å²) in [5.74, 6) is 0.832. The summed E-state index contributed by atoms with van der Waals surface area (Å²) < 4.78 is 11.7. The van der Waals surface area contributed by atoms with Gasteiger partial charge in [0.05, 0.1) is 35.0 Å². The van der Waals surface area contributed by atoms with Crippen molar-refractivity contribution in [1.82, 2.24) is 10.3 Å². The number of aryl methyl sites for hydroxylation is 1. The number of thiazole rings is 1. The smallest absolute Gasteiger partial charge is 0.255 e. The molecule has 0 aliphatic rings. The van der Waals surface area contributed by atoms with E-state index in [0.29, 0.717) is 23.6 Å². The van der Waals surface area contributed by atoms with Crippen molar-refractivity contribution in [3.8, 4) is 11.5 Å². The maximum absolute atomic E-state index is 12.4. The molecule has 130 valence electrons. The number of hydrogen-bond acceptors (Lipinski definition) is 5. The van der Waals surface area contributed by atoms with E-state index in [2.05, 4.69) is 16.4 Å². The van der Waals surface area contributed by atoms with Gasteiger partial charge in [-0.2, -0.15) is 0 Å². The lowest BCUT2D eigenvalue weighted by Crippen LogP contribution is -2.25. The van der Waals surface area contributed by atoms with Crippen molar-refractivity contribution in [1.29, 1.82) is 0 Å². The molecule has 5 nitrogen and oxygen atoms in total. The molecular weight excluding hydrogens is 336 g/mol. The average Bonchev–Trinajstić information content (AvgIpc) is 3.07. The lowest BCUT2D eigenvalue weighted by atomic mass is 10.1. The summed E-state index contributed by atoms with van der Waals surface area (Å²) >= 11 is 1.70. The van der Waals surface area contributed by atoms with Gasteiger partial charge in [0.15, 0.2) is 11.5 Å². The molecule has 1 heterocycles. The van der Waals surface area contributed by atoms with Crippen LogP contribution < -0.4 is 14.8 Å². The fourth-order valence-corrected chi connectivity index (χ4v) is 3.64. The van der Waals surface area contributed by atoms with Crippen LogP contribution in [0.3, 0.4) is 0 Å². The minimum atomic E-state index is -0.167. The first kappa shape index (κ1) is 17.2. The number of ether oxygens (including phenoxy) is 2. The highest BCUT2D eigenvalue weighted by Gasteiger charge is 2.15. The van der Waals surface area contributed by atoms with Crippen LogP contribution in [0, 0.1) is 0 Å². The molecule has 0 aliphatic heterocycles. The van der Waals surface area contributed by atoms with Gasteiger partial charge < -0.3 is 14.8 Å². The van der Waals surface area contributed by atoms with E-state index in [0.717, 1.165) is 23.4 Å². The van der Waals surface area contributed by atoms with Gasteiger partial charge in [-0.05, 0) is 30.7 Å². The summed E-state index contributed by atoms with van der Waals surface area (Å²) in [6, 6.07) is 13.4. The Hall–Kier alpha value is -2.60. The number of benzene rings is 2. The van der Waals surface area contributed by atoms with Crippen LogP contribution in [-0.4, -0.2) is 31.7 Å². The zero-order chi connectivity index (χ0) is 17.6. The molecule has 3 aromatic rings. The Kier molecular flexibility index (Phi) is 5.50. The topological polar surface area (TPSA) is 60.5 Å². The quantitative estimate of drug-likeness (QED) is 0.656. The van der Waals surface area contributed by atoms with Crippen molar-refractivity contribution in [3.63, 3.8) is 0 Å². The van der Waals surface area contributed by atoms with E-state index in [4.69, 9.17) is 9.47 Å². The fraction of sp³-hybridized carbons (Fsp3) is 0.263. The third-order valence-electron chi connectivity index (χ3n) is 3.84.